The summed E-state index contributed by atoms with van der Waals surface area (Å²) in [5.74, 6) is -2.72. The highest BCUT2D eigenvalue weighted by Gasteiger charge is 2.52. The molecule has 1 aliphatic heterocycles. The van der Waals surface area contributed by atoms with Crippen molar-refractivity contribution < 1.29 is 27.6 Å². The third kappa shape index (κ3) is 6.53. The highest BCUT2D eigenvalue weighted by molar-refractivity contribution is 5.94. The Labute approximate surface area is 248 Å². The normalized spacial score (nSPS) is 19.9. The third-order valence-corrected chi connectivity index (χ3v) is 8.01. The first-order valence-electron chi connectivity index (χ1n) is 13.8. The summed E-state index contributed by atoms with van der Waals surface area (Å²) in [5.41, 5.74) is 1.96. The first-order valence-corrected chi connectivity index (χ1v) is 13.8. The van der Waals surface area contributed by atoms with Crippen LogP contribution in [0.4, 0.5) is 24.7 Å². The van der Waals surface area contributed by atoms with Gasteiger partial charge in [-0.15, -0.1) is 0 Å². The number of fused-ring (bicyclic) bond motifs is 1. The lowest BCUT2D eigenvalue weighted by Crippen LogP contribution is -2.59. The van der Waals surface area contributed by atoms with Crippen LogP contribution in [0.3, 0.4) is 0 Å². The fourth-order valence-corrected chi connectivity index (χ4v) is 5.83. The van der Waals surface area contributed by atoms with Crippen LogP contribution in [0.2, 0.25) is 0 Å². The van der Waals surface area contributed by atoms with Crippen LogP contribution in [0.5, 0.6) is 0 Å². The number of anilines is 2. The molecule has 8 nitrogen and oxygen atoms in total. The lowest BCUT2D eigenvalue weighted by atomic mass is 9.84. The molecule has 2 aliphatic carbocycles. The molecule has 6 rings (SSSR count). The summed E-state index contributed by atoms with van der Waals surface area (Å²) in [6, 6.07) is 18.5. The first kappa shape index (κ1) is 31.2. The molecule has 1 saturated heterocycles. The first-order chi connectivity index (χ1) is 20.6. The van der Waals surface area contributed by atoms with Gasteiger partial charge in [-0.3, -0.25) is 14.5 Å². The van der Waals surface area contributed by atoms with Crippen LogP contribution in [-0.2, 0) is 26.3 Å². The predicted octanol–water partition coefficient (Wildman–Crippen LogP) is 4.91. The highest BCUT2D eigenvalue weighted by atomic mass is 19.3. The zero-order chi connectivity index (χ0) is 31.2. The summed E-state index contributed by atoms with van der Waals surface area (Å²) in [6.07, 6.45) is 3.55. The van der Waals surface area contributed by atoms with E-state index in [2.05, 4.69) is 10.3 Å². The molecule has 43 heavy (non-hydrogen) atoms. The molecular formula is C32H32F3N5O3. The summed E-state index contributed by atoms with van der Waals surface area (Å²) in [5, 5.41) is 11.5. The van der Waals surface area contributed by atoms with Gasteiger partial charge in [0, 0.05) is 50.8 Å². The van der Waals surface area contributed by atoms with Gasteiger partial charge in [-0.25, -0.2) is 18.2 Å². The van der Waals surface area contributed by atoms with E-state index in [1.807, 2.05) is 37.1 Å². The minimum absolute atomic E-state index is 0.0904. The van der Waals surface area contributed by atoms with E-state index >= 15 is 0 Å². The molecule has 1 aromatic heterocycles. The standard InChI is InChI=1S/C21H21F3N2O.C10H9N3O.CH2O/c1-26(17-7-4-6-15(22)11-17)21(10-9-14-5-2-3-8-18(14)21)19(27)25-16-12-20(23,24)13-16;11-7-8-3-4-12-9(6-8)13-5-1-2-10(13)14;1-2/h2-8,11,16H,9-10,12-13H2,1H3,(H,25,27);3-4,6H,1-2,5H2;1H2. The molecular weight excluding hydrogens is 559 g/mol. The number of hydrogen-bond donors (Lipinski definition) is 1. The smallest absolute Gasteiger partial charge is 0.252 e. The Morgan fingerprint density at radius 3 is 2.51 bits per heavy atom. The van der Waals surface area contributed by atoms with Gasteiger partial charge in [-0.1, -0.05) is 30.3 Å². The fourth-order valence-electron chi connectivity index (χ4n) is 5.83. The van der Waals surface area contributed by atoms with Gasteiger partial charge < -0.3 is 15.0 Å². The van der Waals surface area contributed by atoms with Crippen molar-refractivity contribution in [2.45, 2.75) is 56.0 Å². The highest BCUT2D eigenvalue weighted by Crippen LogP contribution is 2.45. The zero-order valence-corrected chi connectivity index (χ0v) is 23.7. The molecule has 224 valence electrons. The van der Waals surface area contributed by atoms with Gasteiger partial charge in [0.1, 0.15) is 24.0 Å². The van der Waals surface area contributed by atoms with E-state index in [1.165, 1.54) is 12.1 Å². The molecule has 2 fully saturated rings. The number of aromatic nitrogens is 1. The Balaban J connectivity index is 0.000000222. The maximum Gasteiger partial charge on any atom is 0.252 e. The maximum atomic E-state index is 13.8. The van der Waals surface area contributed by atoms with E-state index in [9.17, 15) is 22.8 Å². The number of benzene rings is 2. The third-order valence-electron chi connectivity index (χ3n) is 8.01. The van der Waals surface area contributed by atoms with Crippen molar-refractivity contribution in [3.05, 3.63) is 89.4 Å². The topological polar surface area (TPSA) is 106 Å². The summed E-state index contributed by atoms with van der Waals surface area (Å²) < 4.78 is 40.2. The summed E-state index contributed by atoms with van der Waals surface area (Å²) in [7, 11) is 1.76. The Kier molecular flexibility index (Phi) is 9.49. The van der Waals surface area contributed by atoms with Gasteiger partial charge in [0.05, 0.1) is 11.6 Å². The number of pyridine rings is 1. The van der Waals surface area contributed by atoms with Crippen molar-refractivity contribution in [1.29, 1.82) is 5.26 Å². The minimum Gasteiger partial charge on any atom is -0.356 e. The number of halogens is 3. The lowest BCUT2D eigenvalue weighted by molar-refractivity contribution is -0.134. The molecule has 0 radical (unpaired) electrons. The molecule has 1 unspecified atom stereocenters. The second-order valence-electron chi connectivity index (χ2n) is 10.7. The number of hydrogen-bond acceptors (Lipinski definition) is 6. The van der Waals surface area contributed by atoms with Crippen LogP contribution in [0.25, 0.3) is 0 Å². The number of rotatable bonds is 5. The molecule has 0 bridgehead atoms. The molecule has 3 aliphatic rings. The molecule has 0 spiro atoms. The summed E-state index contributed by atoms with van der Waals surface area (Å²) in [6.45, 7) is 2.71. The van der Waals surface area contributed by atoms with Gasteiger partial charge >= 0.3 is 0 Å². The van der Waals surface area contributed by atoms with E-state index in [0.29, 0.717) is 42.9 Å². The van der Waals surface area contributed by atoms with Crippen LogP contribution in [0.15, 0.2) is 66.9 Å². The van der Waals surface area contributed by atoms with E-state index in [-0.39, 0.29) is 30.5 Å². The van der Waals surface area contributed by atoms with Crippen LogP contribution < -0.4 is 15.1 Å². The number of amides is 2. The Morgan fingerprint density at radius 2 is 1.86 bits per heavy atom. The number of likely N-dealkylation sites (N-methyl/N-ethyl adjacent to an activating group) is 1. The average Bonchev–Trinajstić information content (AvgIpc) is 3.61. The zero-order valence-electron chi connectivity index (χ0n) is 23.7. The van der Waals surface area contributed by atoms with Crippen molar-refractivity contribution in [1.82, 2.24) is 10.3 Å². The molecule has 1 saturated carbocycles. The molecule has 2 aromatic carbocycles. The van der Waals surface area contributed by atoms with E-state index in [1.54, 1.807) is 47.3 Å². The largest absolute Gasteiger partial charge is 0.356 e. The summed E-state index contributed by atoms with van der Waals surface area (Å²) >= 11 is 0. The number of nitrogens with zero attached hydrogens (tertiary/aromatic N) is 4. The van der Waals surface area contributed by atoms with Crippen molar-refractivity contribution in [3.8, 4) is 6.07 Å². The SMILES string of the molecule is C=O.CN(c1cccc(F)c1)C1(C(=O)NC2CC(F)(F)C2)CCc2ccccc21.N#Cc1ccnc(N2CCCC2=O)c1. The quantitative estimate of drug-likeness (QED) is 0.452. The van der Waals surface area contributed by atoms with E-state index in [0.717, 1.165) is 17.5 Å². The number of nitriles is 1. The Morgan fingerprint density at radius 1 is 1.12 bits per heavy atom. The number of alkyl halides is 2. The number of nitrogens with one attached hydrogen (secondary N) is 1. The van der Waals surface area contributed by atoms with Gasteiger partial charge in [0.2, 0.25) is 5.91 Å². The van der Waals surface area contributed by atoms with Gasteiger partial charge in [0.15, 0.2) is 0 Å². The van der Waals surface area contributed by atoms with Crippen LogP contribution >= 0.6 is 0 Å². The van der Waals surface area contributed by atoms with Crippen molar-refractivity contribution >= 4 is 30.1 Å². The van der Waals surface area contributed by atoms with Crippen molar-refractivity contribution in [2.75, 3.05) is 23.4 Å². The van der Waals surface area contributed by atoms with Crippen molar-refractivity contribution in [2.24, 2.45) is 0 Å². The molecule has 11 heteroatoms. The average molecular weight is 592 g/mol. The Bertz CT molecular complexity index is 1520. The Hall–Kier alpha value is -4.72. The number of carbonyl (C=O) groups excluding carboxylic acids is 3. The fraction of sp³-hybridized carbons (Fsp3) is 0.344. The second-order valence-corrected chi connectivity index (χ2v) is 10.7. The second kappa shape index (κ2) is 13.1. The van der Waals surface area contributed by atoms with Crippen molar-refractivity contribution in [3.63, 3.8) is 0 Å². The molecule has 2 heterocycles. The van der Waals surface area contributed by atoms with Crippen LogP contribution in [-0.4, -0.2) is 49.1 Å². The monoisotopic (exact) mass is 591 g/mol. The van der Waals surface area contributed by atoms with E-state index in [4.69, 9.17) is 10.1 Å². The molecule has 3 aromatic rings. The van der Waals surface area contributed by atoms with Gasteiger partial charge in [0.25, 0.3) is 11.8 Å². The molecule has 2 amide bonds. The van der Waals surface area contributed by atoms with E-state index < -0.39 is 17.5 Å². The van der Waals surface area contributed by atoms with Gasteiger partial charge in [-0.05, 0) is 60.7 Å². The lowest BCUT2D eigenvalue weighted by Gasteiger charge is -2.43. The number of aryl methyl sites for hydroxylation is 1. The van der Waals surface area contributed by atoms with Gasteiger partial charge in [-0.2, -0.15) is 5.26 Å². The molecule has 1 N–H and O–H groups in total. The van der Waals surface area contributed by atoms with Crippen LogP contribution in [0, 0.1) is 17.1 Å². The molecule has 1 atom stereocenters. The predicted molar refractivity (Wildman–Crippen MR) is 155 cm³/mol. The number of carbonyl (C=O) groups is 3. The minimum atomic E-state index is -2.70. The van der Waals surface area contributed by atoms with Crippen LogP contribution in [0.1, 0.15) is 48.8 Å². The summed E-state index contributed by atoms with van der Waals surface area (Å²) in [4.78, 5) is 40.2. The maximum absolute atomic E-state index is 13.8.